The number of carbonyl (C=O) groups is 2. The monoisotopic (exact) mass is 398 g/mol. The zero-order chi connectivity index (χ0) is 19.5. The molecule has 146 valence electrons. The van der Waals surface area contributed by atoms with Crippen molar-refractivity contribution < 1.29 is 14.3 Å². The Morgan fingerprint density at radius 1 is 1.29 bits per heavy atom. The Bertz CT molecular complexity index is 866. The van der Waals surface area contributed by atoms with E-state index >= 15 is 0 Å². The van der Waals surface area contributed by atoms with E-state index in [1.165, 1.54) is 4.90 Å². The maximum absolute atomic E-state index is 12.8. The second kappa shape index (κ2) is 8.04. The van der Waals surface area contributed by atoms with Gasteiger partial charge < -0.3 is 20.0 Å². The van der Waals surface area contributed by atoms with E-state index in [1.807, 2.05) is 53.0 Å². The number of nitrogens with one attached hydrogen (secondary N) is 2. The van der Waals surface area contributed by atoms with Crippen molar-refractivity contribution >= 4 is 23.2 Å². The maximum atomic E-state index is 12.8. The van der Waals surface area contributed by atoms with Crippen molar-refractivity contribution in [2.24, 2.45) is 0 Å². The first-order chi connectivity index (χ1) is 13.6. The normalized spacial score (nSPS) is 21.0. The Balaban J connectivity index is 1.35. The average Bonchev–Trinajstić information content (AvgIpc) is 3.39. The van der Waals surface area contributed by atoms with E-state index in [0.29, 0.717) is 13.0 Å². The van der Waals surface area contributed by atoms with Crippen LogP contribution < -0.4 is 15.5 Å². The van der Waals surface area contributed by atoms with Crippen LogP contribution in [0, 0.1) is 0 Å². The van der Waals surface area contributed by atoms with Crippen molar-refractivity contribution in [2.75, 3.05) is 13.7 Å². The van der Waals surface area contributed by atoms with Crippen molar-refractivity contribution in [1.29, 1.82) is 0 Å². The largest absolute Gasteiger partial charge is 0.497 e. The van der Waals surface area contributed by atoms with E-state index < -0.39 is 0 Å². The number of amides is 2. The number of hydrazine groups is 1. The molecule has 1 aromatic heterocycles. The Kier molecular flexibility index (Phi) is 5.31. The zero-order valence-corrected chi connectivity index (χ0v) is 16.3. The smallest absolute Gasteiger partial charge is 0.251 e. The average molecular weight is 398 g/mol. The molecule has 2 atom stereocenters. The van der Waals surface area contributed by atoms with Gasteiger partial charge in [0.05, 0.1) is 19.7 Å². The third-order valence-electron chi connectivity index (χ3n) is 4.95. The minimum atomic E-state index is -0.317. The number of benzene rings is 1. The fraction of sp³-hybridized carbons (Fsp3) is 0.300. The highest BCUT2D eigenvalue weighted by Gasteiger charge is 2.40. The van der Waals surface area contributed by atoms with Crippen LogP contribution in [0.15, 0.2) is 54.2 Å². The van der Waals surface area contributed by atoms with Gasteiger partial charge in [0.15, 0.2) is 0 Å². The summed E-state index contributed by atoms with van der Waals surface area (Å²) < 4.78 is 5.20. The van der Waals surface area contributed by atoms with Crippen LogP contribution in [0.25, 0.3) is 0 Å². The molecule has 1 fully saturated rings. The minimum Gasteiger partial charge on any atom is -0.497 e. The quantitative estimate of drug-likeness (QED) is 0.779. The zero-order valence-electron chi connectivity index (χ0n) is 15.5. The highest BCUT2D eigenvalue weighted by Crippen LogP contribution is 2.31. The summed E-state index contributed by atoms with van der Waals surface area (Å²) in [6, 6.07) is 11.5. The van der Waals surface area contributed by atoms with Gasteiger partial charge in [-0.1, -0.05) is 18.2 Å². The summed E-state index contributed by atoms with van der Waals surface area (Å²) in [4.78, 5) is 27.6. The van der Waals surface area contributed by atoms with Crippen molar-refractivity contribution in [3.8, 4) is 5.75 Å². The first-order valence-corrected chi connectivity index (χ1v) is 9.98. The summed E-state index contributed by atoms with van der Waals surface area (Å²) in [6.45, 7) is 0.511. The molecule has 0 saturated carbocycles. The molecule has 28 heavy (non-hydrogen) atoms. The van der Waals surface area contributed by atoms with E-state index in [2.05, 4.69) is 10.7 Å². The fourth-order valence-electron chi connectivity index (χ4n) is 3.43. The first-order valence-electron chi connectivity index (χ1n) is 9.10. The van der Waals surface area contributed by atoms with Gasteiger partial charge in [-0.2, -0.15) is 0 Å². The lowest BCUT2D eigenvalue weighted by atomic mass is 10.0. The van der Waals surface area contributed by atoms with E-state index in [0.717, 1.165) is 16.2 Å². The SMILES string of the molecule is COc1ccc(C2CC3C(=O)N(CC(=O)NCc4cccs4)C=CN3N2)cc1. The number of carbonyl (C=O) groups excluding carboxylic acids is 2. The molecule has 8 heteroatoms. The number of hydrogen-bond acceptors (Lipinski definition) is 6. The molecular formula is C20H22N4O3S. The lowest BCUT2D eigenvalue weighted by molar-refractivity contribution is -0.138. The first kappa shape index (κ1) is 18.5. The molecule has 0 spiro atoms. The van der Waals surface area contributed by atoms with Crippen LogP contribution >= 0.6 is 11.3 Å². The second-order valence-corrected chi connectivity index (χ2v) is 7.77. The van der Waals surface area contributed by atoms with E-state index in [1.54, 1.807) is 24.6 Å². The summed E-state index contributed by atoms with van der Waals surface area (Å²) in [7, 11) is 1.64. The van der Waals surface area contributed by atoms with Gasteiger partial charge in [0.1, 0.15) is 18.3 Å². The molecule has 2 aliphatic heterocycles. The number of nitrogens with zero attached hydrogens (tertiary/aromatic N) is 2. The Morgan fingerprint density at radius 2 is 2.11 bits per heavy atom. The van der Waals surface area contributed by atoms with Gasteiger partial charge in [-0.3, -0.25) is 9.59 Å². The number of methoxy groups -OCH3 is 1. The van der Waals surface area contributed by atoms with Crippen LogP contribution in [0.4, 0.5) is 0 Å². The van der Waals surface area contributed by atoms with Gasteiger partial charge in [0, 0.05) is 17.3 Å². The van der Waals surface area contributed by atoms with Crippen LogP contribution in [0.5, 0.6) is 5.75 Å². The number of rotatable bonds is 6. The van der Waals surface area contributed by atoms with Crippen LogP contribution in [0.2, 0.25) is 0 Å². The van der Waals surface area contributed by atoms with Crippen LogP contribution in [0.1, 0.15) is 22.9 Å². The van der Waals surface area contributed by atoms with Crippen molar-refractivity contribution in [3.05, 3.63) is 64.6 Å². The molecule has 0 aliphatic carbocycles. The Labute approximate surface area is 167 Å². The van der Waals surface area contributed by atoms with E-state index in [9.17, 15) is 9.59 Å². The van der Waals surface area contributed by atoms with Gasteiger partial charge in [-0.25, -0.2) is 5.43 Å². The second-order valence-electron chi connectivity index (χ2n) is 6.73. The minimum absolute atomic E-state index is 0.0260. The number of ether oxygens (including phenoxy) is 1. The molecule has 0 bridgehead atoms. The molecule has 1 aromatic carbocycles. The highest BCUT2D eigenvalue weighted by atomic mass is 32.1. The van der Waals surface area contributed by atoms with Gasteiger partial charge in [0.2, 0.25) is 5.91 Å². The third-order valence-corrected chi connectivity index (χ3v) is 5.82. The lowest BCUT2D eigenvalue weighted by Gasteiger charge is -2.31. The van der Waals surface area contributed by atoms with Gasteiger partial charge >= 0.3 is 0 Å². The molecule has 7 nitrogen and oxygen atoms in total. The van der Waals surface area contributed by atoms with Gasteiger partial charge in [-0.15, -0.1) is 11.3 Å². The van der Waals surface area contributed by atoms with Gasteiger partial charge in [-0.05, 0) is 35.6 Å². The molecule has 2 unspecified atom stereocenters. The predicted molar refractivity (Wildman–Crippen MR) is 106 cm³/mol. The molecule has 1 saturated heterocycles. The Hall–Kier alpha value is -2.84. The van der Waals surface area contributed by atoms with Crippen molar-refractivity contribution in [3.63, 3.8) is 0 Å². The highest BCUT2D eigenvalue weighted by molar-refractivity contribution is 7.09. The molecule has 2 N–H and O–H groups in total. The van der Waals surface area contributed by atoms with Crippen molar-refractivity contribution in [2.45, 2.75) is 25.0 Å². The molecule has 2 aliphatic rings. The lowest BCUT2D eigenvalue weighted by Crippen LogP contribution is -2.50. The summed E-state index contributed by atoms with van der Waals surface area (Å²) >= 11 is 1.59. The molecule has 2 amide bonds. The van der Waals surface area contributed by atoms with Crippen LogP contribution in [-0.2, 0) is 16.1 Å². The Morgan fingerprint density at radius 3 is 2.82 bits per heavy atom. The summed E-state index contributed by atoms with van der Waals surface area (Å²) in [5.74, 6) is 0.560. The summed E-state index contributed by atoms with van der Waals surface area (Å²) in [5, 5.41) is 6.66. The molecule has 0 radical (unpaired) electrons. The molecule has 3 heterocycles. The topological polar surface area (TPSA) is 73.9 Å². The van der Waals surface area contributed by atoms with Crippen LogP contribution in [-0.4, -0.2) is 41.4 Å². The van der Waals surface area contributed by atoms with Crippen molar-refractivity contribution in [1.82, 2.24) is 20.7 Å². The third kappa shape index (κ3) is 3.88. The standard InChI is InChI=1S/C20H22N4O3S/c1-27-15-6-4-14(5-7-15)17-11-18-20(26)23(8-9-24(18)22-17)13-19(25)21-12-16-3-2-10-28-16/h2-10,17-18,22H,11-13H2,1H3,(H,21,25). The van der Waals surface area contributed by atoms with Gasteiger partial charge in [0.25, 0.3) is 5.91 Å². The number of hydrogen-bond donors (Lipinski definition) is 2. The number of fused-ring (bicyclic) bond motifs is 1. The van der Waals surface area contributed by atoms with E-state index in [-0.39, 0.29) is 30.4 Å². The molecule has 4 rings (SSSR count). The number of thiophene rings is 1. The summed E-state index contributed by atoms with van der Waals surface area (Å²) in [6.07, 6.45) is 4.12. The molecule has 2 aromatic rings. The van der Waals surface area contributed by atoms with E-state index in [4.69, 9.17) is 4.74 Å². The maximum Gasteiger partial charge on any atom is 0.251 e. The summed E-state index contributed by atoms with van der Waals surface area (Å²) in [5.41, 5.74) is 4.45. The fourth-order valence-corrected chi connectivity index (χ4v) is 4.07. The predicted octanol–water partition coefficient (Wildman–Crippen LogP) is 2.01. The van der Waals surface area contributed by atoms with Crippen LogP contribution in [0.3, 0.4) is 0 Å². The molecular weight excluding hydrogens is 376 g/mol.